The van der Waals surface area contributed by atoms with Crippen LogP contribution < -0.4 is 10.6 Å². The zero-order valence-electron chi connectivity index (χ0n) is 12.1. The van der Waals surface area contributed by atoms with Gasteiger partial charge in [-0.3, -0.25) is 4.79 Å². The zero-order chi connectivity index (χ0) is 14.7. The maximum Gasteiger partial charge on any atom is 0.250 e. The topological polar surface area (TPSA) is 49.6 Å². The molecule has 1 heterocycles. The number of anilines is 1. The van der Waals surface area contributed by atoms with Crippen LogP contribution in [0.3, 0.4) is 0 Å². The van der Waals surface area contributed by atoms with Crippen molar-refractivity contribution in [3.05, 3.63) is 28.8 Å². The van der Waals surface area contributed by atoms with Crippen LogP contribution in [0.4, 0.5) is 5.69 Å². The molecular formula is C15H22ClN3O. The second-order valence-corrected chi connectivity index (χ2v) is 6.15. The van der Waals surface area contributed by atoms with Crippen LogP contribution in [0, 0.1) is 5.92 Å². The molecule has 1 aliphatic rings. The molecule has 1 aromatic rings. The molecule has 1 saturated heterocycles. The van der Waals surface area contributed by atoms with Crippen LogP contribution in [0.25, 0.3) is 0 Å². The molecule has 4 nitrogen and oxygen atoms in total. The van der Waals surface area contributed by atoms with Crippen LogP contribution in [-0.2, 0) is 0 Å². The van der Waals surface area contributed by atoms with Crippen LogP contribution in [0.15, 0.2) is 18.2 Å². The molecule has 0 saturated carbocycles. The Bertz CT molecular complexity index is 482. The van der Waals surface area contributed by atoms with Crippen molar-refractivity contribution >= 4 is 23.2 Å². The molecule has 1 aromatic carbocycles. The van der Waals surface area contributed by atoms with E-state index in [1.165, 1.54) is 0 Å². The summed E-state index contributed by atoms with van der Waals surface area (Å²) in [5.41, 5.74) is 6.88. The summed E-state index contributed by atoms with van der Waals surface area (Å²) in [6, 6.07) is 5.37. The van der Waals surface area contributed by atoms with Gasteiger partial charge in [-0.25, -0.2) is 0 Å². The highest BCUT2D eigenvalue weighted by Gasteiger charge is 2.22. The molecule has 0 aliphatic carbocycles. The quantitative estimate of drug-likeness (QED) is 0.926. The summed E-state index contributed by atoms with van der Waals surface area (Å²) in [4.78, 5) is 16.0. The number of nitrogens with zero attached hydrogens (tertiary/aromatic N) is 2. The van der Waals surface area contributed by atoms with E-state index in [9.17, 15) is 4.79 Å². The number of amides is 1. The highest BCUT2D eigenvalue weighted by molar-refractivity contribution is 6.31. The number of piperidine rings is 1. The van der Waals surface area contributed by atoms with Gasteiger partial charge < -0.3 is 15.5 Å². The zero-order valence-corrected chi connectivity index (χ0v) is 12.9. The smallest absolute Gasteiger partial charge is 0.250 e. The standard InChI is InChI=1S/C15H22ClN3O/c1-18(2)10-11-5-7-19(8-6-11)14-4-3-12(16)9-13(14)15(17)20/h3-4,9,11H,5-8,10H2,1-2H3,(H2,17,20). The van der Waals surface area contributed by atoms with E-state index >= 15 is 0 Å². The van der Waals surface area contributed by atoms with Crippen LogP contribution in [0.5, 0.6) is 0 Å². The Labute approximate surface area is 125 Å². The highest BCUT2D eigenvalue weighted by atomic mass is 35.5. The molecule has 1 aliphatic heterocycles. The van der Waals surface area contributed by atoms with Gasteiger partial charge in [0.2, 0.25) is 0 Å². The molecule has 20 heavy (non-hydrogen) atoms. The van der Waals surface area contributed by atoms with Crippen LogP contribution >= 0.6 is 11.6 Å². The summed E-state index contributed by atoms with van der Waals surface area (Å²) in [6.07, 6.45) is 2.28. The molecule has 110 valence electrons. The molecule has 0 radical (unpaired) electrons. The predicted octanol–water partition coefficient (Wildman–Crippen LogP) is 2.22. The van der Waals surface area contributed by atoms with Crippen molar-refractivity contribution in [2.24, 2.45) is 11.7 Å². The number of nitrogens with two attached hydrogens (primary N) is 1. The summed E-state index contributed by atoms with van der Waals surface area (Å²) in [5.74, 6) is 0.309. The second kappa shape index (κ2) is 6.46. The largest absolute Gasteiger partial charge is 0.371 e. The highest BCUT2D eigenvalue weighted by Crippen LogP contribution is 2.28. The van der Waals surface area contributed by atoms with Gasteiger partial charge in [0.1, 0.15) is 0 Å². The van der Waals surface area contributed by atoms with E-state index in [0.717, 1.165) is 44.1 Å². The molecular weight excluding hydrogens is 274 g/mol. The van der Waals surface area contributed by atoms with Gasteiger partial charge in [-0.05, 0) is 51.1 Å². The molecule has 1 amide bonds. The van der Waals surface area contributed by atoms with Crippen molar-refractivity contribution in [2.45, 2.75) is 12.8 Å². The number of carbonyl (C=O) groups excluding carboxylic acids is 1. The van der Waals surface area contributed by atoms with E-state index in [0.29, 0.717) is 10.6 Å². The van der Waals surface area contributed by atoms with Crippen molar-refractivity contribution < 1.29 is 4.79 Å². The number of rotatable bonds is 4. The Balaban J connectivity index is 2.09. The molecule has 0 bridgehead atoms. The maximum absolute atomic E-state index is 11.6. The summed E-state index contributed by atoms with van der Waals surface area (Å²) >= 11 is 5.95. The Morgan fingerprint density at radius 3 is 2.60 bits per heavy atom. The predicted molar refractivity (Wildman–Crippen MR) is 83.5 cm³/mol. The fraction of sp³-hybridized carbons (Fsp3) is 0.533. The Kier molecular flexibility index (Phi) is 4.89. The third kappa shape index (κ3) is 3.64. The van der Waals surface area contributed by atoms with Crippen LogP contribution in [0.1, 0.15) is 23.2 Å². The second-order valence-electron chi connectivity index (χ2n) is 5.72. The van der Waals surface area contributed by atoms with E-state index in [4.69, 9.17) is 17.3 Å². The molecule has 2 rings (SSSR count). The minimum atomic E-state index is -0.419. The van der Waals surface area contributed by atoms with E-state index in [1.54, 1.807) is 6.07 Å². The van der Waals surface area contributed by atoms with Gasteiger partial charge in [-0.2, -0.15) is 0 Å². The van der Waals surface area contributed by atoms with Gasteiger partial charge in [-0.15, -0.1) is 0 Å². The van der Waals surface area contributed by atoms with Gasteiger partial charge in [-0.1, -0.05) is 11.6 Å². The number of primary amides is 1. The number of carbonyl (C=O) groups is 1. The third-order valence-corrected chi connectivity index (χ3v) is 4.04. The van der Waals surface area contributed by atoms with Gasteiger partial charge in [0, 0.05) is 30.3 Å². The lowest BCUT2D eigenvalue weighted by atomic mass is 9.95. The average Bonchev–Trinajstić information content (AvgIpc) is 2.39. The fourth-order valence-corrected chi connectivity index (χ4v) is 3.03. The van der Waals surface area contributed by atoms with E-state index in [2.05, 4.69) is 23.9 Å². The summed E-state index contributed by atoms with van der Waals surface area (Å²) in [6.45, 7) is 3.04. The van der Waals surface area contributed by atoms with Gasteiger partial charge >= 0.3 is 0 Å². The number of benzene rings is 1. The first-order valence-corrected chi connectivity index (χ1v) is 7.34. The van der Waals surface area contributed by atoms with E-state index < -0.39 is 5.91 Å². The monoisotopic (exact) mass is 295 g/mol. The molecule has 0 unspecified atom stereocenters. The normalized spacial score (nSPS) is 16.7. The van der Waals surface area contributed by atoms with Crippen LogP contribution in [0.2, 0.25) is 5.02 Å². The molecule has 0 atom stereocenters. The number of halogens is 1. The van der Waals surface area contributed by atoms with Crippen molar-refractivity contribution in [3.63, 3.8) is 0 Å². The van der Waals surface area contributed by atoms with E-state index in [-0.39, 0.29) is 0 Å². The third-order valence-electron chi connectivity index (χ3n) is 3.80. The number of hydrogen-bond acceptors (Lipinski definition) is 3. The fourth-order valence-electron chi connectivity index (χ4n) is 2.85. The first-order chi connectivity index (χ1) is 9.47. The van der Waals surface area contributed by atoms with Crippen molar-refractivity contribution in [3.8, 4) is 0 Å². The minimum Gasteiger partial charge on any atom is -0.371 e. The van der Waals surface area contributed by atoms with Gasteiger partial charge in [0.15, 0.2) is 0 Å². The molecule has 5 heteroatoms. The van der Waals surface area contributed by atoms with Crippen molar-refractivity contribution in [1.29, 1.82) is 0 Å². The summed E-state index contributed by atoms with van der Waals surface area (Å²) in [5, 5.41) is 0.546. The molecule has 0 aromatic heterocycles. The van der Waals surface area contributed by atoms with Crippen LogP contribution in [-0.4, -0.2) is 44.5 Å². The van der Waals surface area contributed by atoms with Gasteiger partial charge in [0.05, 0.1) is 5.56 Å². The molecule has 2 N–H and O–H groups in total. The first kappa shape index (κ1) is 15.1. The lowest BCUT2D eigenvalue weighted by Crippen LogP contribution is -2.38. The Morgan fingerprint density at radius 1 is 1.40 bits per heavy atom. The SMILES string of the molecule is CN(C)CC1CCN(c2ccc(Cl)cc2C(N)=O)CC1. The van der Waals surface area contributed by atoms with Crippen molar-refractivity contribution in [1.82, 2.24) is 4.90 Å². The Hall–Kier alpha value is -1.26. The summed E-state index contributed by atoms with van der Waals surface area (Å²) in [7, 11) is 4.22. The lowest BCUT2D eigenvalue weighted by molar-refractivity contribution is 0.100. The first-order valence-electron chi connectivity index (χ1n) is 6.96. The lowest BCUT2D eigenvalue weighted by Gasteiger charge is -2.35. The molecule has 0 spiro atoms. The number of hydrogen-bond donors (Lipinski definition) is 1. The minimum absolute atomic E-state index is 0.419. The Morgan fingerprint density at radius 2 is 2.05 bits per heavy atom. The van der Waals surface area contributed by atoms with E-state index in [1.807, 2.05) is 12.1 Å². The van der Waals surface area contributed by atoms with Crippen molar-refractivity contribution in [2.75, 3.05) is 38.6 Å². The molecule has 1 fully saturated rings. The summed E-state index contributed by atoms with van der Waals surface area (Å²) < 4.78 is 0. The average molecular weight is 296 g/mol. The maximum atomic E-state index is 11.6. The van der Waals surface area contributed by atoms with Gasteiger partial charge in [0.25, 0.3) is 5.91 Å².